The van der Waals surface area contributed by atoms with E-state index in [1.807, 2.05) is 102 Å². The van der Waals surface area contributed by atoms with Crippen LogP contribution in [0.1, 0.15) is 113 Å². The summed E-state index contributed by atoms with van der Waals surface area (Å²) < 4.78 is 0. The monoisotopic (exact) mass is 1030 g/mol. The predicted molar refractivity (Wildman–Crippen MR) is 289 cm³/mol. The summed E-state index contributed by atoms with van der Waals surface area (Å²) in [6.07, 6.45) is 3.84. The zero-order chi connectivity index (χ0) is 55.0. The molecule has 3 aromatic rings. The minimum Gasteiger partial charge on any atom is -0.343 e. The molecule has 7 N–H and O–H groups in total. The van der Waals surface area contributed by atoms with E-state index in [1.165, 1.54) is 18.2 Å². The van der Waals surface area contributed by atoms with Crippen molar-refractivity contribution < 1.29 is 38.4 Å². The molecule has 0 aliphatic carbocycles. The lowest BCUT2D eigenvalue weighted by Gasteiger charge is -2.37. The molecule has 2 heterocycles. The van der Waals surface area contributed by atoms with Gasteiger partial charge in [0.2, 0.25) is 35.4 Å². The molecule has 408 valence electrons. The van der Waals surface area contributed by atoms with Gasteiger partial charge in [-0.1, -0.05) is 108 Å². The molecule has 2 fully saturated rings. The Labute approximate surface area is 443 Å². The third kappa shape index (κ3) is 17.2. The Morgan fingerprint density at radius 3 is 1.37 bits per heavy atom. The van der Waals surface area contributed by atoms with E-state index in [4.69, 9.17) is 5.73 Å². The van der Waals surface area contributed by atoms with Crippen molar-refractivity contribution in [2.75, 3.05) is 59.4 Å². The Morgan fingerprint density at radius 1 is 0.600 bits per heavy atom. The molecule has 18 heteroatoms. The number of nitrogens with one attached hydrogen (secondary N) is 5. The molecule has 0 aromatic heterocycles. The highest BCUT2D eigenvalue weighted by Gasteiger charge is 2.42. The fraction of sp³-hybridized carbons (Fsp3) is 0.544. The zero-order valence-corrected chi connectivity index (χ0v) is 45.6. The number of rotatable bonds is 23. The van der Waals surface area contributed by atoms with Crippen molar-refractivity contribution in [1.29, 1.82) is 0 Å². The minimum atomic E-state index is -0.836. The van der Waals surface area contributed by atoms with Crippen LogP contribution < -0.4 is 32.3 Å². The number of benzene rings is 3. The van der Waals surface area contributed by atoms with E-state index in [1.54, 1.807) is 46.6 Å². The van der Waals surface area contributed by atoms with Crippen LogP contribution in [0.5, 0.6) is 0 Å². The predicted octanol–water partition coefficient (Wildman–Crippen LogP) is 3.29. The van der Waals surface area contributed by atoms with E-state index in [0.29, 0.717) is 51.9 Å². The number of hydrogen-bond donors (Lipinski definition) is 6. The molecular weight excluding hydrogens is 953 g/mol. The molecule has 0 saturated carbocycles. The average Bonchev–Trinajstić information content (AvgIpc) is 4.07. The van der Waals surface area contributed by atoms with E-state index in [0.717, 1.165) is 24.0 Å². The fourth-order valence-electron chi connectivity index (χ4n) is 9.44. The molecule has 5 rings (SSSR count). The number of hydrogen-bond acceptors (Lipinski definition) is 10. The maximum atomic E-state index is 14.2. The molecule has 2 aliphatic heterocycles. The first-order valence-corrected chi connectivity index (χ1v) is 26.4. The van der Waals surface area contributed by atoms with E-state index in [2.05, 4.69) is 26.6 Å². The molecule has 0 bridgehead atoms. The summed E-state index contributed by atoms with van der Waals surface area (Å²) in [5, 5.41) is 14.2. The number of carbonyl (C=O) groups is 8. The molecule has 0 radical (unpaired) electrons. The van der Waals surface area contributed by atoms with Crippen LogP contribution in [0.25, 0.3) is 0 Å². The topological polar surface area (TPSA) is 236 Å². The Kier molecular flexibility index (Phi) is 21.5. The molecule has 2 aliphatic rings. The summed E-state index contributed by atoms with van der Waals surface area (Å²) in [7, 11) is 1.68. The van der Waals surface area contributed by atoms with Crippen LogP contribution in [0.2, 0.25) is 0 Å². The number of amides is 8. The van der Waals surface area contributed by atoms with Crippen molar-refractivity contribution in [2.45, 2.75) is 130 Å². The second kappa shape index (κ2) is 27.2. The van der Waals surface area contributed by atoms with Crippen LogP contribution in [-0.4, -0.2) is 163 Å². The van der Waals surface area contributed by atoms with E-state index in [9.17, 15) is 38.4 Å². The Hall–Kier alpha value is -6.66. The van der Waals surface area contributed by atoms with Gasteiger partial charge in [-0.15, -0.1) is 0 Å². The number of likely N-dealkylation sites (N-methyl/N-ethyl adjacent to an activating group) is 1. The summed E-state index contributed by atoms with van der Waals surface area (Å²) in [5.74, 6) is -3.03. The van der Waals surface area contributed by atoms with Gasteiger partial charge in [0.05, 0.1) is 25.2 Å². The Morgan fingerprint density at radius 2 is 1.00 bits per heavy atom. The average molecular weight is 1040 g/mol. The first-order chi connectivity index (χ1) is 35.5. The van der Waals surface area contributed by atoms with Crippen molar-refractivity contribution in [1.82, 2.24) is 46.2 Å². The highest BCUT2D eigenvalue weighted by Crippen LogP contribution is 2.28. The molecule has 6 atom stereocenters. The van der Waals surface area contributed by atoms with Gasteiger partial charge in [-0.05, 0) is 99.6 Å². The zero-order valence-electron chi connectivity index (χ0n) is 45.6. The Balaban J connectivity index is 1.24. The van der Waals surface area contributed by atoms with Crippen molar-refractivity contribution in [3.8, 4) is 0 Å². The Bertz CT molecular complexity index is 2440. The van der Waals surface area contributed by atoms with Crippen LogP contribution in [0.4, 0.5) is 0 Å². The fourth-order valence-corrected chi connectivity index (χ4v) is 9.44. The second-order valence-corrected chi connectivity index (χ2v) is 22.2. The quantitative estimate of drug-likeness (QED) is 0.0811. The van der Waals surface area contributed by atoms with Crippen LogP contribution in [-0.2, 0) is 41.6 Å². The lowest BCUT2D eigenvalue weighted by molar-refractivity contribution is -0.142. The molecule has 0 spiro atoms. The number of carbonyl (C=O) groups excluding carboxylic acids is 8. The standard InChI is InChI=1S/C57H82N10O8/c1-38(58)50(70)62-48(56(3,4)5)54(74)66-29-17-25-44(66)36-64(31-27-40-19-12-10-13-20-40)46(68)34-60-52(72)42-23-16-24-43(33-42)53(73)61-35-47(69)65(32-28-41-21-14-11-15-22-41)37-45-26-18-30-67(45)55(75)49(57(6,7)8)63-51(71)39(2)59-9/h10-16,19-24,33,38-39,44-45,48-49,59H,17-18,25-32,34-37,58H2,1-9H3,(H,60,72)(H,61,73)(H,62,70)(H,63,71)/t38-,39-,44-,45-,48+,49+/m0/s1. The lowest BCUT2D eigenvalue weighted by atomic mass is 9.85. The summed E-state index contributed by atoms with van der Waals surface area (Å²) in [6.45, 7) is 16.0. The van der Waals surface area contributed by atoms with Crippen LogP contribution in [0, 0.1) is 10.8 Å². The maximum absolute atomic E-state index is 14.2. The summed E-state index contributed by atoms with van der Waals surface area (Å²) in [5.41, 5.74) is 6.95. The van der Waals surface area contributed by atoms with Gasteiger partial charge in [-0.25, -0.2) is 0 Å². The van der Waals surface area contributed by atoms with Crippen LogP contribution in [0.3, 0.4) is 0 Å². The van der Waals surface area contributed by atoms with Crippen molar-refractivity contribution in [3.05, 3.63) is 107 Å². The van der Waals surface area contributed by atoms with E-state index in [-0.39, 0.29) is 78.9 Å². The summed E-state index contributed by atoms with van der Waals surface area (Å²) >= 11 is 0. The third-order valence-corrected chi connectivity index (χ3v) is 14.1. The first-order valence-electron chi connectivity index (χ1n) is 26.4. The number of likely N-dealkylation sites (tertiary alicyclic amines) is 2. The molecule has 75 heavy (non-hydrogen) atoms. The van der Waals surface area contributed by atoms with Gasteiger partial charge in [0.15, 0.2) is 0 Å². The summed E-state index contributed by atoms with van der Waals surface area (Å²) in [4.78, 5) is 116. The van der Waals surface area contributed by atoms with Gasteiger partial charge in [0.25, 0.3) is 11.8 Å². The SMILES string of the molecule is CN[C@@H](C)C(=O)N[C@H](C(=O)N1CCC[C@H]1CN(CCc1ccccc1)C(=O)CNC(=O)c1cccc(C(=O)NCC(=O)N(CCc2ccccc2)C[C@@H]2CCCN2C(=O)[C@@H](NC(=O)[C@H](C)N)C(C)(C)C)c1)C(C)(C)C. The maximum Gasteiger partial charge on any atom is 0.251 e. The summed E-state index contributed by atoms with van der Waals surface area (Å²) in [6, 6.07) is 21.9. The van der Waals surface area contributed by atoms with Crippen molar-refractivity contribution >= 4 is 47.3 Å². The van der Waals surface area contributed by atoms with Gasteiger partial charge in [-0.2, -0.15) is 0 Å². The smallest absolute Gasteiger partial charge is 0.251 e. The highest BCUT2D eigenvalue weighted by atomic mass is 16.2. The van der Waals surface area contributed by atoms with Crippen LogP contribution >= 0.6 is 0 Å². The van der Waals surface area contributed by atoms with Crippen molar-refractivity contribution in [2.24, 2.45) is 16.6 Å². The number of nitrogens with zero attached hydrogens (tertiary/aromatic N) is 4. The van der Waals surface area contributed by atoms with E-state index >= 15 is 0 Å². The first kappa shape index (κ1) is 59.2. The molecule has 8 amide bonds. The van der Waals surface area contributed by atoms with Gasteiger partial charge in [0.1, 0.15) is 12.1 Å². The van der Waals surface area contributed by atoms with Gasteiger partial charge >= 0.3 is 0 Å². The lowest BCUT2D eigenvalue weighted by Crippen LogP contribution is -2.59. The van der Waals surface area contributed by atoms with E-state index < -0.39 is 52.7 Å². The number of nitrogens with two attached hydrogens (primary N) is 1. The molecule has 18 nitrogen and oxygen atoms in total. The van der Waals surface area contributed by atoms with Crippen molar-refractivity contribution in [3.63, 3.8) is 0 Å². The highest BCUT2D eigenvalue weighted by molar-refractivity contribution is 6.01. The van der Waals surface area contributed by atoms with Gasteiger partial charge in [0, 0.05) is 62.5 Å². The molecule has 2 saturated heterocycles. The normalized spacial score (nSPS) is 17.3. The second-order valence-electron chi connectivity index (χ2n) is 22.2. The third-order valence-electron chi connectivity index (χ3n) is 14.1. The molecular formula is C57H82N10O8. The van der Waals surface area contributed by atoms with Crippen LogP contribution in [0.15, 0.2) is 84.9 Å². The largest absolute Gasteiger partial charge is 0.343 e. The molecule has 0 unspecified atom stereocenters. The van der Waals surface area contributed by atoms with Gasteiger partial charge < -0.3 is 51.9 Å². The minimum absolute atomic E-state index is 0.132. The van der Waals surface area contributed by atoms with Gasteiger partial charge in [-0.3, -0.25) is 38.4 Å². The molecule has 3 aromatic carbocycles.